The van der Waals surface area contributed by atoms with Crippen molar-refractivity contribution in [3.8, 4) is 5.75 Å². The summed E-state index contributed by atoms with van der Waals surface area (Å²) < 4.78 is 256. The fourth-order valence-corrected chi connectivity index (χ4v) is 2.57. The van der Waals surface area contributed by atoms with Crippen LogP contribution in [0.1, 0.15) is 12.0 Å². The summed E-state index contributed by atoms with van der Waals surface area (Å²) in [6.45, 7) is 3.29. The van der Waals surface area contributed by atoms with E-state index in [4.69, 9.17) is 0 Å². The van der Waals surface area contributed by atoms with Gasteiger partial charge in [0.2, 0.25) is 5.83 Å². The minimum atomic E-state index is -8.91. The number of para-hydroxylation sites is 1. The average molecular weight is 615 g/mol. The molecule has 0 aliphatic rings. The van der Waals surface area contributed by atoms with Gasteiger partial charge in [-0.2, -0.15) is 83.4 Å². The molecule has 1 aromatic carbocycles. The van der Waals surface area contributed by atoms with Gasteiger partial charge in [0.15, 0.2) is 0 Å². The summed E-state index contributed by atoms with van der Waals surface area (Å²) in [7, 11) is 0. The first-order chi connectivity index (χ1) is 17.1. The SMILES string of the molecule is [CH2]CCc1ccccc1O/C(F)=C(\F)C(F)(F)C(F)(F)C(F)(F)C(F)(F)C(F)(F)C(F)(F)C(F)(F)C(F)(F)F. The Labute approximate surface area is 204 Å². The third-order valence-corrected chi connectivity index (χ3v) is 4.79. The predicted octanol–water partition coefficient (Wildman–Crippen LogP) is 8.95. The Kier molecular flexibility index (Phi) is 8.94. The van der Waals surface area contributed by atoms with Gasteiger partial charge in [-0.3, -0.25) is 0 Å². The number of aryl methyl sites for hydroxylation is 1. The van der Waals surface area contributed by atoms with E-state index >= 15 is 0 Å². The van der Waals surface area contributed by atoms with E-state index in [1.807, 2.05) is 0 Å². The van der Waals surface area contributed by atoms with Gasteiger partial charge in [0, 0.05) is 0 Å². The van der Waals surface area contributed by atoms with Gasteiger partial charge in [-0.1, -0.05) is 25.1 Å². The summed E-state index contributed by atoms with van der Waals surface area (Å²) in [4.78, 5) is 0. The van der Waals surface area contributed by atoms with Crippen LogP contribution >= 0.6 is 0 Å². The number of halogens is 19. The predicted molar refractivity (Wildman–Crippen MR) is 90.7 cm³/mol. The van der Waals surface area contributed by atoms with Crippen molar-refractivity contribution in [2.45, 2.75) is 60.5 Å². The first-order valence-electron chi connectivity index (χ1n) is 9.43. The van der Waals surface area contributed by atoms with Gasteiger partial charge in [0.25, 0.3) is 0 Å². The molecule has 0 unspecified atom stereocenters. The van der Waals surface area contributed by atoms with E-state index in [0.29, 0.717) is 6.07 Å². The van der Waals surface area contributed by atoms with Crippen LogP contribution in [0.2, 0.25) is 0 Å². The second kappa shape index (κ2) is 10.1. The van der Waals surface area contributed by atoms with Crippen LogP contribution in [-0.4, -0.2) is 47.6 Å². The maximum absolute atomic E-state index is 13.9. The highest BCUT2D eigenvalue weighted by Gasteiger charge is 2.95. The molecule has 39 heavy (non-hydrogen) atoms. The molecule has 0 heterocycles. The van der Waals surface area contributed by atoms with Crippen LogP contribution in [0.4, 0.5) is 83.4 Å². The Balaban J connectivity index is 3.67. The largest absolute Gasteiger partial charge is 0.460 e. The molecule has 1 radical (unpaired) electrons. The number of allylic oxidation sites excluding steroid dienone is 1. The number of rotatable bonds is 11. The normalized spacial score (nSPS) is 15.8. The Bertz CT molecular complexity index is 1050. The monoisotopic (exact) mass is 615 g/mol. The molecule has 0 saturated heterocycles. The van der Waals surface area contributed by atoms with Crippen molar-refractivity contribution in [1.82, 2.24) is 0 Å². The van der Waals surface area contributed by atoms with E-state index in [1.165, 1.54) is 6.07 Å². The number of ether oxygens (including phenoxy) is 1. The molecular weight excluding hydrogens is 605 g/mol. The van der Waals surface area contributed by atoms with Gasteiger partial charge < -0.3 is 4.74 Å². The lowest BCUT2D eigenvalue weighted by Gasteiger charge is -2.42. The zero-order valence-electron chi connectivity index (χ0n) is 18.0. The van der Waals surface area contributed by atoms with E-state index in [2.05, 4.69) is 11.7 Å². The average Bonchev–Trinajstić information content (AvgIpc) is 2.78. The van der Waals surface area contributed by atoms with Crippen LogP contribution in [0, 0.1) is 6.92 Å². The molecule has 0 saturated carbocycles. The van der Waals surface area contributed by atoms with Gasteiger partial charge in [0.05, 0.1) is 0 Å². The van der Waals surface area contributed by atoms with Crippen molar-refractivity contribution in [3.63, 3.8) is 0 Å². The lowest BCUT2D eigenvalue weighted by atomic mass is 9.88. The van der Waals surface area contributed by atoms with Crippen molar-refractivity contribution < 1.29 is 88.2 Å². The van der Waals surface area contributed by atoms with E-state index in [1.54, 1.807) is 0 Å². The van der Waals surface area contributed by atoms with E-state index in [9.17, 15) is 83.4 Å². The summed E-state index contributed by atoms with van der Waals surface area (Å²) in [6.07, 6.45) is -8.18. The fraction of sp³-hybridized carbons (Fsp3) is 0.526. The van der Waals surface area contributed by atoms with Crippen LogP contribution in [0.5, 0.6) is 5.75 Å². The Morgan fingerprint density at radius 1 is 0.590 bits per heavy atom. The molecule has 0 fully saturated rings. The molecule has 1 nitrogen and oxygen atoms in total. The molecule has 20 heteroatoms. The van der Waals surface area contributed by atoms with E-state index in [-0.39, 0.29) is 18.4 Å². The zero-order valence-corrected chi connectivity index (χ0v) is 18.0. The van der Waals surface area contributed by atoms with Crippen LogP contribution in [0.3, 0.4) is 0 Å². The summed E-state index contributed by atoms with van der Waals surface area (Å²) >= 11 is 0. The highest BCUT2D eigenvalue weighted by Crippen LogP contribution is 2.64. The van der Waals surface area contributed by atoms with E-state index in [0.717, 1.165) is 12.1 Å². The van der Waals surface area contributed by atoms with Crippen LogP contribution in [0.15, 0.2) is 36.1 Å². The lowest BCUT2D eigenvalue weighted by Crippen LogP contribution is -2.74. The van der Waals surface area contributed by atoms with Crippen LogP contribution in [-0.2, 0) is 6.42 Å². The highest BCUT2D eigenvalue weighted by molar-refractivity contribution is 5.35. The third kappa shape index (κ3) is 5.06. The van der Waals surface area contributed by atoms with E-state index < -0.39 is 65.2 Å². The lowest BCUT2D eigenvalue weighted by molar-refractivity contribution is -0.460. The minimum absolute atomic E-state index is 0.0596. The van der Waals surface area contributed by atoms with Crippen molar-refractivity contribution in [3.05, 3.63) is 48.6 Å². The van der Waals surface area contributed by atoms with Gasteiger partial charge >= 0.3 is 53.6 Å². The second-order valence-corrected chi connectivity index (χ2v) is 7.42. The molecule has 225 valence electrons. The zero-order chi connectivity index (χ0) is 31.3. The molecule has 0 amide bonds. The number of alkyl halides is 17. The highest BCUT2D eigenvalue weighted by atomic mass is 19.4. The smallest absolute Gasteiger partial charge is 0.429 e. The Morgan fingerprint density at radius 3 is 1.38 bits per heavy atom. The summed E-state index contributed by atoms with van der Waals surface area (Å²) in [5.74, 6) is -65.2. The van der Waals surface area contributed by atoms with Gasteiger partial charge in [-0.15, -0.1) is 0 Å². The quantitative estimate of drug-likeness (QED) is 0.179. The maximum atomic E-state index is 13.9. The van der Waals surface area contributed by atoms with Gasteiger partial charge in [0.1, 0.15) is 5.75 Å². The molecule has 0 N–H and O–H groups in total. The molecular formula is C19H10F19O. The molecule has 0 aliphatic heterocycles. The fourth-order valence-electron chi connectivity index (χ4n) is 2.57. The summed E-state index contributed by atoms with van der Waals surface area (Å²) in [5, 5.41) is 0. The standard InChI is InChI=1S/C19H10F19O/c1-2-5-8-6-3-4-7-9(8)39-11(21)10(20)12(22,23)13(24,25)14(26,27)15(28,29)16(30,31)17(32,33)18(34,35)19(36,37)38/h3-4,6-7H,1-2,5H2/b11-10-. The van der Waals surface area contributed by atoms with Crippen LogP contribution < -0.4 is 4.74 Å². The molecule has 1 aromatic rings. The first-order valence-corrected chi connectivity index (χ1v) is 9.43. The molecule has 0 bridgehead atoms. The molecule has 0 aliphatic carbocycles. The topological polar surface area (TPSA) is 9.23 Å². The van der Waals surface area contributed by atoms with Crippen molar-refractivity contribution in [2.75, 3.05) is 0 Å². The number of benzene rings is 1. The summed E-state index contributed by atoms with van der Waals surface area (Å²) in [5.41, 5.74) is -0.227. The minimum Gasteiger partial charge on any atom is -0.429 e. The Morgan fingerprint density at radius 2 is 0.974 bits per heavy atom. The van der Waals surface area contributed by atoms with Crippen LogP contribution in [0.25, 0.3) is 0 Å². The van der Waals surface area contributed by atoms with Gasteiger partial charge in [-0.25, -0.2) is 0 Å². The maximum Gasteiger partial charge on any atom is 0.460 e. The first kappa shape index (κ1) is 34.5. The number of hydrogen-bond acceptors (Lipinski definition) is 1. The molecule has 0 aromatic heterocycles. The van der Waals surface area contributed by atoms with Crippen molar-refractivity contribution in [1.29, 1.82) is 0 Å². The third-order valence-electron chi connectivity index (χ3n) is 4.79. The summed E-state index contributed by atoms with van der Waals surface area (Å²) in [6, 6.07) is 0.176. The number of hydrogen-bond donors (Lipinski definition) is 0. The second-order valence-electron chi connectivity index (χ2n) is 7.42. The van der Waals surface area contributed by atoms with Gasteiger partial charge in [-0.05, 0) is 24.5 Å². The molecule has 1 rings (SSSR count). The molecule has 0 atom stereocenters. The van der Waals surface area contributed by atoms with Crippen molar-refractivity contribution >= 4 is 0 Å². The molecule has 0 spiro atoms. The van der Waals surface area contributed by atoms with Crippen molar-refractivity contribution in [2.24, 2.45) is 0 Å². The Hall–Kier alpha value is -2.57.